The van der Waals surface area contributed by atoms with E-state index in [4.69, 9.17) is 16.2 Å². The van der Waals surface area contributed by atoms with Crippen LogP contribution in [-0.4, -0.2) is 95.6 Å². The molecule has 1 fully saturated rings. The Balaban J connectivity index is 0.000000568. The zero-order chi connectivity index (χ0) is 27.3. The van der Waals surface area contributed by atoms with Gasteiger partial charge >= 0.3 is 10.4 Å². The molecule has 0 atom stereocenters. The van der Waals surface area contributed by atoms with Crippen molar-refractivity contribution in [2.24, 2.45) is 5.10 Å². The van der Waals surface area contributed by atoms with Crippen molar-refractivity contribution in [1.82, 2.24) is 4.31 Å². The maximum atomic E-state index is 13.1. The van der Waals surface area contributed by atoms with Crippen LogP contribution in [0.25, 0.3) is 0 Å². The van der Waals surface area contributed by atoms with Crippen LogP contribution in [0, 0.1) is 0 Å². The Kier molecular flexibility index (Phi) is 9.45. The summed E-state index contributed by atoms with van der Waals surface area (Å²) in [5, 5.41) is 7.27. The lowest BCUT2D eigenvalue weighted by molar-refractivity contribution is -0.904. The van der Waals surface area contributed by atoms with Gasteiger partial charge in [0.1, 0.15) is 6.54 Å². The molecule has 0 radical (unpaired) electrons. The molecule has 202 valence electrons. The van der Waals surface area contributed by atoms with Gasteiger partial charge in [0, 0.05) is 18.0 Å². The lowest BCUT2D eigenvalue weighted by Gasteiger charge is -2.40. The van der Waals surface area contributed by atoms with Gasteiger partial charge in [-0.15, -0.1) is 0 Å². The zero-order valence-corrected chi connectivity index (χ0v) is 22.9. The van der Waals surface area contributed by atoms with Crippen LogP contribution in [0.1, 0.15) is 12.0 Å². The predicted octanol–water partition coefficient (Wildman–Crippen LogP) is 2.04. The molecule has 0 saturated carbocycles. The average molecular weight is 574 g/mol. The fourth-order valence-corrected chi connectivity index (χ4v) is 5.51. The molecule has 0 spiro atoms. The monoisotopic (exact) mass is 573 g/mol. The molecule has 2 aliphatic rings. The highest BCUT2D eigenvalue weighted by molar-refractivity contribution is 7.89. The summed E-state index contributed by atoms with van der Waals surface area (Å²) in [5.41, 5.74) is 2.88. The fourth-order valence-electron chi connectivity index (χ4n) is 3.96. The molecule has 11 nitrogen and oxygen atoms in total. The van der Waals surface area contributed by atoms with E-state index in [1.54, 1.807) is 24.3 Å². The number of benzene rings is 2. The lowest BCUT2D eigenvalue weighted by atomic mass is 10.1. The average Bonchev–Trinajstić information content (AvgIpc) is 3.35. The number of anilines is 1. The van der Waals surface area contributed by atoms with Crippen LogP contribution < -0.4 is 5.01 Å². The molecule has 0 bridgehead atoms. The third-order valence-corrected chi connectivity index (χ3v) is 8.84. The maximum absolute atomic E-state index is 13.1. The molecule has 0 aromatic heterocycles. The number of carbonyl (C=O) groups is 1. The quantitative estimate of drug-likeness (QED) is 0.302. The summed E-state index contributed by atoms with van der Waals surface area (Å²) < 4.78 is 57.9. The minimum atomic E-state index is -4.16. The first-order valence-corrected chi connectivity index (χ1v) is 14.6. The van der Waals surface area contributed by atoms with Crippen molar-refractivity contribution < 1.29 is 34.8 Å². The Morgan fingerprint density at radius 3 is 2.11 bits per heavy atom. The van der Waals surface area contributed by atoms with Crippen LogP contribution >= 0.6 is 11.6 Å². The molecule has 4 rings (SSSR count). The van der Waals surface area contributed by atoms with E-state index in [0.29, 0.717) is 42.2 Å². The summed E-state index contributed by atoms with van der Waals surface area (Å²) in [6.45, 7) is 3.24. The summed E-state index contributed by atoms with van der Waals surface area (Å²) in [6.07, 6.45) is 1.72. The van der Waals surface area contributed by atoms with Gasteiger partial charge in [-0.25, -0.2) is 8.42 Å². The first-order chi connectivity index (χ1) is 17.4. The van der Waals surface area contributed by atoms with Crippen molar-refractivity contribution in [2.75, 3.05) is 58.4 Å². The zero-order valence-electron chi connectivity index (χ0n) is 20.5. The molecule has 14 heteroatoms. The summed E-state index contributed by atoms with van der Waals surface area (Å²) in [5.74, 6) is 0. The van der Waals surface area contributed by atoms with E-state index in [2.05, 4.69) is 9.28 Å². The number of halogens is 1. The fraction of sp³-hybridized carbons (Fsp3) is 0.391. The minimum Gasteiger partial charge on any atom is -0.318 e. The van der Waals surface area contributed by atoms with Gasteiger partial charge in [-0.3, -0.25) is 18.5 Å². The summed E-state index contributed by atoms with van der Waals surface area (Å²) in [6, 6.07) is 14.5. The van der Waals surface area contributed by atoms with Crippen LogP contribution in [0.5, 0.6) is 0 Å². The van der Waals surface area contributed by atoms with E-state index in [9.17, 15) is 21.6 Å². The van der Waals surface area contributed by atoms with Gasteiger partial charge in [-0.05, 0) is 42.0 Å². The SMILES string of the molecule is COS(=O)(=O)O.C[N+]1(CC=O)CCN(S(=O)(=O)c2ccc(N3CCC(c4ccc(Cl)cc4)=N3)cc2)CC1. The highest BCUT2D eigenvalue weighted by atomic mass is 35.5. The van der Waals surface area contributed by atoms with Crippen LogP contribution in [0.15, 0.2) is 58.5 Å². The first-order valence-electron chi connectivity index (χ1n) is 11.4. The number of nitrogens with zero attached hydrogens (tertiary/aromatic N) is 4. The van der Waals surface area contributed by atoms with Gasteiger partial charge in [0.05, 0.1) is 56.6 Å². The van der Waals surface area contributed by atoms with Crippen LogP contribution in [-0.2, 0) is 29.4 Å². The van der Waals surface area contributed by atoms with Gasteiger partial charge in [0.25, 0.3) is 0 Å². The van der Waals surface area contributed by atoms with Gasteiger partial charge < -0.3 is 4.48 Å². The van der Waals surface area contributed by atoms with Crippen molar-refractivity contribution in [1.29, 1.82) is 0 Å². The number of hydrazone groups is 1. The summed E-state index contributed by atoms with van der Waals surface area (Å²) in [4.78, 5) is 11.1. The van der Waals surface area contributed by atoms with E-state index in [1.807, 2.05) is 36.3 Å². The molecular formula is C23H30ClN4O7S2+. The lowest BCUT2D eigenvalue weighted by Crippen LogP contribution is -2.58. The van der Waals surface area contributed by atoms with E-state index in [1.165, 1.54) is 4.31 Å². The molecule has 2 aromatic rings. The Bertz CT molecular complexity index is 1320. The van der Waals surface area contributed by atoms with Gasteiger partial charge in [-0.2, -0.15) is 17.8 Å². The Morgan fingerprint density at radius 1 is 1.03 bits per heavy atom. The number of hydrogen-bond acceptors (Lipinski definition) is 8. The summed E-state index contributed by atoms with van der Waals surface area (Å²) >= 11 is 5.96. The van der Waals surface area contributed by atoms with Gasteiger partial charge in [0.15, 0.2) is 6.29 Å². The van der Waals surface area contributed by atoms with Crippen LogP contribution in [0.3, 0.4) is 0 Å². The molecule has 1 N–H and O–H groups in total. The van der Waals surface area contributed by atoms with Crippen LogP contribution in [0.2, 0.25) is 5.02 Å². The van der Waals surface area contributed by atoms with E-state index >= 15 is 0 Å². The van der Waals surface area contributed by atoms with Gasteiger partial charge in [-0.1, -0.05) is 23.7 Å². The van der Waals surface area contributed by atoms with E-state index in [-0.39, 0.29) is 4.90 Å². The number of aldehydes is 1. The number of quaternary nitrogens is 1. The molecule has 0 aliphatic carbocycles. The topological polar surface area (TPSA) is 134 Å². The molecule has 0 unspecified atom stereocenters. The number of sulfonamides is 1. The molecule has 1 saturated heterocycles. The number of hydrogen-bond donors (Lipinski definition) is 1. The maximum Gasteiger partial charge on any atom is 0.397 e. The van der Waals surface area contributed by atoms with Crippen molar-refractivity contribution in [3.05, 3.63) is 59.1 Å². The molecule has 2 aromatic carbocycles. The third-order valence-electron chi connectivity index (χ3n) is 6.26. The van der Waals surface area contributed by atoms with Crippen molar-refractivity contribution in [3.8, 4) is 0 Å². The molecule has 0 amide bonds. The van der Waals surface area contributed by atoms with Crippen molar-refractivity contribution in [2.45, 2.75) is 11.3 Å². The largest absolute Gasteiger partial charge is 0.397 e. The normalized spacial score (nSPS) is 18.1. The predicted molar refractivity (Wildman–Crippen MR) is 141 cm³/mol. The molecule has 2 heterocycles. The van der Waals surface area contributed by atoms with Crippen molar-refractivity contribution in [3.63, 3.8) is 0 Å². The van der Waals surface area contributed by atoms with E-state index in [0.717, 1.165) is 43.3 Å². The van der Waals surface area contributed by atoms with E-state index < -0.39 is 20.4 Å². The number of piperazine rings is 1. The molecular weight excluding hydrogens is 544 g/mol. The standard InChI is InChI=1S/C22H26ClN4O3S.CH4O4S/c1-27(16-17-28)14-12-25(13-15-27)31(29,30)21-8-6-20(7-9-21)26-11-10-22(24-26)18-2-4-19(23)5-3-18;1-5-6(2,3)4/h2-9,17H,10-16H2,1H3;1H3,(H,2,3,4)/q+1;. The minimum absolute atomic E-state index is 0.281. The smallest absolute Gasteiger partial charge is 0.318 e. The highest BCUT2D eigenvalue weighted by Gasteiger charge is 2.35. The second kappa shape index (κ2) is 12.0. The molecule has 2 aliphatic heterocycles. The number of likely N-dealkylation sites (N-methyl/N-ethyl adjacent to an activating group) is 1. The number of rotatable bonds is 7. The Hall–Kier alpha value is -2.39. The summed E-state index contributed by atoms with van der Waals surface area (Å²) in [7, 11) is -4.86. The Labute approximate surface area is 222 Å². The second-order valence-corrected chi connectivity index (χ2v) is 12.4. The number of carbonyl (C=O) groups excluding carboxylic acids is 1. The molecule has 37 heavy (non-hydrogen) atoms. The van der Waals surface area contributed by atoms with Gasteiger partial charge in [0.2, 0.25) is 10.0 Å². The van der Waals surface area contributed by atoms with Crippen LogP contribution in [0.4, 0.5) is 5.69 Å². The third kappa shape index (κ3) is 7.80. The highest BCUT2D eigenvalue weighted by Crippen LogP contribution is 2.26. The second-order valence-electron chi connectivity index (χ2n) is 8.84. The Morgan fingerprint density at radius 2 is 1.59 bits per heavy atom. The first kappa shape index (κ1) is 29.2. The van der Waals surface area contributed by atoms with Crippen molar-refractivity contribution >= 4 is 49.7 Å².